The smallest absolute Gasteiger partial charge is 0.161 e. The Morgan fingerprint density at radius 1 is 1.00 bits per heavy atom. The van der Waals surface area contributed by atoms with Gasteiger partial charge in [0.2, 0.25) is 0 Å². The minimum absolute atomic E-state index is 0.0217. The van der Waals surface area contributed by atoms with Crippen molar-refractivity contribution in [2.24, 2.45) is 22.7 Å². The van der Waals surface area contributed by atoms with Gasteiger partial charge in [-0.25, -0.2) is 0 Å². The van der Waals surface area contributed by atoms with E-state index in [-0.39, 0.29) is 29.1 Å². The van der Waals surface area contributed by atoms with Crippen LogP contribution >= 0.6 is 0 Å². The molecule has 196 valence electrons. The molecule has 0 spiro atoms. The van der Waals surface area contributed by atoms with Gasteiger partial charge >= 0.3 is 0 Å². The summed E-state index contributed by atoms with van der Waals surface area (Å²) in [6.45, 7) is 14.4. The Kier molecular flexibility index (Phi) is 9.51. The van der Waals surface area contributed by atoms with Crippen molar-refractivity contribution in [3.05, 3.63) is 48.1 Å². The number of hydrogen-bond donors (Lipinski definition) is 1. The fraction of sp³-hybridized carbons (Fsp3) is 0.677. The molecule has 4 heteroatoms. The van der Waals surface area contributed by atoms with Gasteiger partial charge in [0.1, 0.15) is 0 Å². The van der Waals surface area contributed by atoms with Gasteiger partial charge in [-0.05, 0) is 108 Å². The number of fused-ring (bicyclic) bond motifs is 2. The zero-order chi connectivity index (χ0) is 25.6. The molecule has 1 saturated carbocycles. The number of methoxy groups -OCH3 is 1. The third kappa shape index (κ3) is 6.51. The standard InChI is InChI=1S/C31H49NO3/c1-22(2)34-27-14-13-24(20-28(27)33-8)15-16-31(17-18-32-7)21-25-11-9-10-12-26(19-25)29(30(31,5)6)35-23(3)4/h9-14,20,22-23,25-26,29,32H,15-19,21H2,1-8H3. The van der Waals surface area contributed by atoms with Crippen LogP contribution in [0, 0.1) is 22.7 Å². The van der Waals surface area contributed by atoms with Crippen molar-refractivity contribution in [3.8, 4) is 11.5 Å². The van der Waals surface area contributed by atoms with E-state index in [2.05, 4.69) is 82.6 Å². The molecule has 4 unspecified atom stereocenters. The second-order valence-corrected chi connectivity index (χ2v) is 11.7. The second-order valence-electron chi connectivity index (χ2n) is 11.7. The van der Waals surface area contributed by atoms with Crippen molar-refractivity contribution in [2.45, 2.75) is 92.0 Å². The largest absolute Gasteiger partial charge is 0.493 e. The van der Waals surface area contributed by atoms with Crippen LogP contribution in [0.15, 0.2) is 42.5 Å². The van der Waals surface area contributed by atoms with Crippen LogP contribution in [0.25, 0.3) is 0 Å². The number of hydrogen-bond acceptors (Lipinski definition) is 4. The van der Waals surface area contributed by atoms with Crippen molar-refractivity contribution in [1.29, 1.82) is 0 Å². The lowest BCUT2D eigenvalue weighted by Crippen LogP contribution is -2.50. The zero-order valence-corrected chi connectivity index (χ0v) is 23.4. The first-order chi connectivity index (χ1) is 16.6. The summed E-state index contributed by atoms with van der Waals surface area (Å²) < 4.78 is 18.4. The predicted molar refractivity (Wildman–Crippen MR) is 146 cm³/mol. The molecule has 4 nitrogen and oxygen atoms in total. The summed E-state index contributed by atoms with van der Waals surface area (Å²) in [5, 5.41) is 3.46. The zero-order valence-electron chi connectivity index (χ0n) is 23.4. The van der Waals surface area contributed by atoms with Crippen molar-refractivity contribution >= 4 is 0 Å². The van der Waals surface area contributed by atoms with Crippen LogP contribution in [0.5, 0.6) is 11.5 Å². The van der Waals surface area contributed by atoms with Gasteiger partial charge in [-0.3, -0.25) is 0 Å². The molecule has 3 rings (SSSR count). The molecule has 1 N–H and O–H groups in total. The van der Waals surface area contributed by atoms with Gasteiger partial charge in [-0.15, -0.1) is 0 Å². The van der Waals surface area contributed by atoms with Gasteiger partial charge in [0, 0.05) is 5.92 Å². The van der Waals surface area contributed by atoms with Gasteiger partial charge in [0.05, 0.1) is 25.4 Å². The molecule has 4 atom stereocenters. The summed E-state index contributed by atoms with van der Waals surface area (Å²) in [7, 11) is 3.80. The van der Waals surface area contributed by atoms with Gasteiger partial charge in [0.15, 0.2) is 11.5 Å². The maximum absolute atomic E-state index is 6.77. The maximum atomic E-state index is 6.77. The lowest BCUT2D eigenvalue weighted by molar-refractivity contribution is -0.130. The molecule has 2 aliphatic carbocycles. The molecule has 2 bridgehead atoms. The van der Waals surface area contributed by atoms with Crippen molar-refractivity contribution < 1.29 is 14.2 Å². The lowest BCUT2D eigenvalue weighted by atomic mass is 9.56. The fourth-order valence-electron chi connectivity index (χ4n) is 6.42. The Labute approximate surface area is 214 Å². The number of nitrogens with one attached hydrogen (secondary N) is 1. The number of rotatable bonds is 11. The first-order valence-corrected chi connectivity index (χ1v) is 13.6. The third-order valence-corrected chi connectivity index (χ3v) is 8.30. The van der Waals surface area contributed by atoms with Crippen LogP contribution in [0.2, 0.25) is 0 Å². The van der Waals surface area contributed by atoms with Gasteiger partial charge in [-0.1, -0.05) is 44.2 Å². The Balaban J connectivity index is 1.96. The van der Waals surface area contributed by atoms with E-state index in [9.17, 15) is 0 Å². The van der Waals surface area contributed by atoms with E-state index in [1.165, 1.54) is 18.4 Å². The highest BCUT2D eigenvalue weighted by atomic mass is 16.5. The first-order valence-electron chi connectivity index (χ1n) is 13.6. The quantitative estimate of drug-likeness (QED) is 0.368. The number of ether oxygens (including phenoxy) is 3. The van der Waals surface area contributed by atoms with E-state index in [0.717, 1.165) is 37.3 Å². The normalized spacial score (nSPS) is 27.7. The summed E-state index contributed by atoms with van der Waals surface area (Å²) in [5.74, 6) is 2.65. The molecule has 1 fully saturated rings. The third-order valence-electron chi connectivity index (χ3n) is 8.30. The highest BCUT2D eigenvalue weighted by Gasteiger charge is 2.54. The average molecular weight is 484 g/mol. The van der Waals surface area contributed by atoms with Gasteiger partial charge in [0.25, 0.3) is 0 Å². The van der Waals surface area contributed by atoms with E-state index >= 15 is 0 Å². The number of aryl methyl sites for hydroxylation is 1. The van der Waals surface area contributed by atoms with Crippen LogP contribution in [0.1, 0.15) is 72.8 Å². The van der Waals surface area contributed by atoms with Crippen LogP contribution in [0.3, 0.4) is 0 Å². The Bertz CT molecular complexity index is 872. The molecule has 0 heterocycles. The van der Waals surface area contributed by atoms with E-state index in [1.807, 2.05) is 13.8 Å². The van der Waals surface area contributed by atoms with E-state index in [1.54, 1.807) is 7.11 Å². The fourth-order valence-corrected chi connectivity index (χ4v) is 6.42. The maximum Gasteiger partial charge on any atom is 0.161 e. The van der Waals surface area contributed by atoms with Gasteiger partial charge < -0.3 is 19.5 Å². The summed E-state index contributed by atoms with van der Waals surface area (Å²) >= 11 is 0. The molecule has 2 aliphatic rings. The molecule has 0 aromatic heterocycles. The average Bonchev–Trinajstić information content (AvgIpc) is 3.07. The summed E-state index contributed by atoms with van der Waals surface area (Å²) in [6.07, 6.45) is 15.5. The molecular weight excluding hydrogens is 434 g/mol. The molecule has 0 amide bonds. The van der Waals surface area contributed by atoms with Crippen LogP contribution in [-0.4, -0.2) is 39.0 Å². The highest BCUT2D eigenvalue weighted by molar-refractivity contribution is 5.43. The van der Waals surface area contributed by atoms with E-state index in [0.29, 0.717) is 11.8 Å². The minimum atomic E-state index is 0.0217. The number of allylic oxidation sites excluding steroid dienone is 3. The summed E-state index contributed by atoms with van der Waals surface area (Å²) in [5.41, 5.74) is 1.47. The highest BCUT2D eigenvalue weighted by Crippen LogP contribution is 2.58. The Morgan fingerprint density at radius 2 is 1.74 bits per heavy atom. The summed E-state index contributed by atoms with van der Waals surface area (Å²) in [6, 6.07) is 6.45. The van der Waals surface area contributed by atoms with Crippen LogP contribution in [-0.2, 0) is 11.2 Å². The van der Waals surface area contributed by atoms with Crippen LogP contribution < -0.4 is 14.8 Å². The van der Waals surface area contributed by atoms with Crippen molar-refractivity contribution in [2.75, 3.05) is 20.7 Å². The van der Waals surface area contributed by atoms with Crippen molar-refractivity contribution in [1.82, 2.24) is 5.32 Å². The van der Waals surface area contributed by atoms with E-state index < -0.39 is 0 Å². The Morgan fingerprint density at radius 3 is 2.40 bits per heavy atom. The molecule has 1 aromatic rings. The number of benzene rings is 1. The van der Waals surface area contributed by atoms with Gasteiger partial charge in [-0.2, -0.15) is 0 Å². The monoisotopic (exact) mass is 483 g/mol. The lowest BCUT2D eigenvalue weighted by Gasteiger charge is -2.52. The summed E-state index contributed by atoms with van der Waals surface area (Å²) in [4.78, 5) is 0. The van der Waals surface area contributed by atoms with Crippen molar-refractivity contribution in [3.63, 3.8) is 0 Å². The second kappa shape index (κ2) is 12.0. The van der Waals surface area contributed by atoms with Crippen LogP contribution in [0.4, 0.5) is 0 Å². The first kappa shape index (κ1) is 27.8. The molecule has 35 heavy (non-hydrogen) atoms. The molecule has 0 radical (unpaired) electrons. The predicted octanol–water partition coefficient (Wildman–Crippen LogP) is 6.98. The topological polar surface area (TPSA) is 39.7 Å². The molecule has 0 aliphatic heterocycles. The Hall–Kier alpha value is -1.78. The van der Waals surface area contributed by atoms with E-state index in [4.69, 9.17) is 14.2 Å². The molecule has 1 aromatic carbocycles. The molecule has 0 saturated heterocycles. The minimum Gasteiger partial charge on any atom is -0.493 e. The molecular formula is C31H49NO3. The SMILES string of the molecule is CNCCC1(CCc2ccc(OC(C)C)c(OC)c2)CC2C=CC=CC(C2)C(OC(C)C)C1(C)C.